The maximum atomic E-state index is 13.6. The molecule has 182 valence electrons. The number of hydrogen-bond acceptors (Lipinski definition) is 5. The highest BCUT2D eigenvalue weighted by Gasteiger charge is 2.27. The zero-order chi connectivity index (χ0) is 25.3. The third-order valence-corrected chi connectivity index (χ3v) is 7.58. The molecule has 1 heterocycles. The minimum absolute atomic E-state index is 0.0689. The van der Waals surface area contributed by atoms with Crippen LogP contribution in [0.1, 0.15) is 5.56 Å². The minimum Gasteiger partial charge on any atom is -0.497 e. The van der Waals surface area contributed by atoms with Gasteiger partial charge in [-0.1, -0.05) is 23.8 Å². The van der Waals surface area contributed by atoms with Crippen LogP contribution < -0.4 is 20.0 Å². The maximum Gasteiger partial charge on any atom is 0.328 e. The van der Waals surface area contributed by atoms with Crippen LogP contribution >= 0.6 is 0 Å². The van der Waals surface area contributed by atoms with Gasteiger partial charge in [0.25, 0.3) is 10.0 Å². The average Bonchev–Trinajstić information content (AvgIpc) is 3.06. The molecule has 0 bridgehead atoms. The number of sulfonamides is 1. The fourth-order valence-corrected chi connectivity index (χ4v) is 5.25. The quantitative estimate of drug-likeness (QED) is 0.426. The second-order valence-corrected chi connectivity index (χ2v) is 10.0. The molecule has 3 aromatic carbocycles. The summed E-state index contributed by atoms with van der Waals surface area (Å²) in [6.45, 7) is 1.40. The molecule has 0 saturated heterocycles. The Hall–Kier alpha value is -4.05. The van der Waals surface area contributed by atoms with Crippen LogP contribution in [0.3, 0.4) is 0 Å². The summed E-state index contributed by atoms with van der Waals surface area (Å²) >= 11 is 0. The SMILES string of the molecule is COc1cccc(N(CC(=O)Nc2ccc3c(c2)n(C)c(=O)n3C)S(=O)(=O)c2ccc(C)cc2)c1. The monoisotopic (exact) mass is 494 g/mol. The Labute approximate surface area is 203 Å². The lowest BCUT2D eigenvalue weighted by molar-refractivity contribution is -0.114. The van der Waals surface area contributed by atoms with Crippen LogP contribution in [0, 0.1) is 6.92 Å². The van der Waals surface area contributed by atoms with Crippen molar-refractivity contribution in [3.05, 3.63) is 82.8 Å². The molecule has 4 rings (SSSR count). The van der Waals surface area contributed by atoms with Crippen molar-refractivity contribution >= 4 is 38.3 Å². The average molecular weight is 495 g/mol. The molecule has 0 aliphatic carbocycles. The topological polar surface area (TPSA) is 103 Å². The number of methoxy groups -OCH3 is 1. The third kappa shape index (κ3) is 4.65. The van der Waals surface area contributed by atoms with E-state index in [1.165, 1.54) is 28.4 Å². The number of imidazole rings is 1. The number of nitrogens with one attached hydrogen (secondary N) is 1. The second-order valence-electron chi connectivity index (χ2n) is 8.18. The van der Waals surface area contributed by atoms with Crippen LogP contribution in [0.2, 0.25) is 0 Å². The van der Waals surface area contributed by atoms with E-state index in [1.807, 2.05) is 6.92 Å². The van der Waals surface area contributed by atoms with E-state index in [-0.39, 0.29) is 10.6 Å². The number of amides is 1. The highest BCUT2D eigenvalue weighted by molar-refractivity contribution is 7.92. The molecule has 9 nitrogen and oxygen atoms in total. The van der Waals surface area contributed by atoms with E-state index < -0.39 is 22.5 Å². The van der Waals surface area contributed by atoms with Gasteiger partial charge in [0.15, 0.2) is 0 Å². The van der Waals surface area contributed by atoms with E-state index in [2.05, 4.69) is 5.32 Å². The normalized spacial score (nSPS) is 11.4. The number of nitrogens with zero attached hydrogens (tertiary/aromatic N) is 3. The molecule has 35 heavy (non-hydrogen) atoms. The van der Waals surface area contributed by atoms with Crippen LogP contribution in [-0.2, 0) is 28.9 Å². The second kappa shape index (κ2) is 9.30. The van der Waals surface area contributed by atoms with E-state index in [0.717, 1.165) is 15.4 Å². The van der Waals surface area contributed by atoms with Crippen molar-refractivity contribution in [3.63, 3.8) is 0 Å². The van der Waals surface area contributed by atoms with Gasteiger partial charge in [0.2, 0.25) is 5.91 Å². The van der Waals surface area contributed by atoms with Crippen molar-refractivity contribution in [3.8, 4) is 5.75 Å². The molecule has 0 aliphatic heterocycles. The molecule has 1 amide bonds. The van der Waals surface area contributed by atoms with Gasteiger partial charge < -0.3 is 10.1 Å². The summed E-state index contributed by atoms with van der Waals surface area (Å²) < 4.78 is 36.4. The van der Waals surface area contributed by atoms with E-state index in [4.69, 9.17) is 4.74 Å². The van der Waals surface area contributed by atoms with E-state index in [9.17, 15) is 18.0 Å². The first-order valence-corrected chi connectivity index (χ1v) is 12.2. The zero-order valence-electron chi connectivity index (χ0n) is 19.8. The lowest BCUT2D eigenvalue weighted by atomic mass is 10.2. The molecule has 1 N–H and O–H groups in total. The molecule has 1 aromatic heterocycles. The van der Waals surface area contributed by atoms with Gasteiger partial charge in [0, 0.05) is 25.8 Å². The van der Waals surface area contributed by atoms with Crippen LogP contribution in [0.25, 0.3) is 11.0 Å². The lowest BCUT2D eigenvalue weighted by Gasteiger charge is -2.24. The first-order chi connectivity index (χ1) is 16.6. The van der Waals surface area contributed by atoms with Crippen LogP contribution in [0.5, 0.6) is 5.75 Å². The summed E-state index contributed by atoms with van der Waals surface area (Å²) in [4.78, 5) is 25.3. The van der Waals surface area contributed by atoms with Gasteiger partial charge >= 0.3 is 5.69 Å². The lowest BCUT2D eigenvalue weighted by Crippen LogP contribution is -2.38. The number of anilines is 2. The first kappa shape index (κ1) is 24.1. The number of carbonyl (C=O) groups excluding carboxylic acids is 1. The minimum atomic E-state index is -4.06. The Balaban J connectivity index is 1.68. The van der Waals surface area contributed by atoms with Crippen molar-refractivity contribution in [1.82, 2.24) is 9.13 Å². The molecule has 0 aliphatic rings. The van der Waals surface area contributed by atoms with Crippen LogP contribution in [-0.4, -0.2) is 37.1 Å². The highest BCUT2D eigenvalue weighted by Crippen LogP contribution is 2.27. The first-order valence-electron chi connectivity index (χ1n) is 10.8. The van der Waals surface area contributed by atoms with Crippen LogP contribution in [0.15, 0.2) is 76.4 Å². The van der Waals surface area contributed by atoms with Crippen molar-refractivity contribution < 1.29 is 17.9 Å². The Kier molecular flexibility index (Phi) is 6.40. The fraction of sp³-hybridized carbons (Fsp3) is 0.200. The number of aryl methyl sites for hydroxylation is 3. The molecule has 0 atom stereocenters. The Morgan fingerprint density at radius 3 is 2.34 bits per heavy atom. The van der Waals surface area contributed by atoms with E-state index in [1.54, 1.807) is 68.7 Å². The molecule has 0 saturated carbocycles. The molecule has 4 aromatic rings. The molecule has 0 unspecified atom stereocenters. The van der Waals surface area contributed by atoms with Gasteiger partial charge in [-0.3, -0.25) is 18.2 Å². The van der Waals surface area contributed by atoms with Crippen LogP contribution in [0.4, 0.5) is 11.4 Å². The van der Waals surface area contributed by atoms with Gasteiger partial charge in [0.05, 0.1) is 28.7 Å². The number of ether oxygens (including phenoxy) is 1. The number of benzene rings is 3. The summed E-state index contributed by atoms with van der Waals surface area (Å²) in [6, 6.07) is 18.0. The van der Waals surface area contributed by atoms with Crippen molar-refractivity contribution in [2.24, 2.45) is 14.1 Å². The summed E-state index contributed by atoms with van der Waals surface area (Å²) in [5.41, 5.74) is 2.84. The fourth-order valence-electron chi connectivity index (χ4n) is 3.83. The van der Waals surface area contributed by atoms with Gasteiger partial charge in [0.1, 0.15) is 12.3 Å². The molecule has 0 radical (unpaired) electrons. The van der Waals surface area contributed by atoms with Gasteiger partial charge in [-0.2, -0.15) is 0 Å². The largest absolute Gasteiger partial charge is 0.497 e. The number of fused-ring (bicyclic) bond motifs is 1. The summed E-state index contributed by atoms with van der Waals surface area (Å²) in [5, 5.41) is 2.75. The maximum absolute atomic E-state index is 13.6. The zero-order valence-corrected chi connectivity index (χ0v) is 20.7. The summed E-state index contributed by atoms with van der Waals surface area (Å²) in [7, 11) is 0.744. The van der Waals surface area contributed by atoms with Gasteiger partial charge in [-0.05, 0) is 49.4 Å². The standard InChI is InChI=1S/C25H26N4O5S/c1-17-8-11-21(12-9-17)35(32,33)29(19-6-5-7-20(15-19)34-4)16-24(30)26-18-10-13-22-23(14-18)28(3)25(31)27(22)2/h5-15H,16H2,1-4H3,(H,26,30). The molecule has 0 fully saturated rings. The number of carbonyl (C=O) groups is 1. The third-order valence-electron chi connectivity index (χ3n) is 5.79. The predicted molar refractivity (Wildman–Crippen MR) is 135 cm³/mol. The smallest absolute Gasteiger partial charge is 0.328 e. The molecule has 10 heteroatoms. The van der Waals surface area contributed by atoms with Crippen molar-refractivity contribution in [1.29, 1.82) is 0 Å². The molecular formula is C25H26N4O5S. The molecular weight excluding hydrogens is 468 g/mol. The van der Waals surface area contributed by atoms with Gasteiger partial charge in [-0.25, -0.2) is 13.2 Å². The Morgan fingerprint density at radius 2 is 1.66 bits per heavy atom. The highest BCUT2D eigenvalue weighted by atomic mass is 32.2. The molecule has 0 spiro atoms. The Bertz CT molecular complexity index is 1570. The number of hydrogen-bond donors (Lipinski definition) is 1. The van der Waals surface area contributed by atoms with Crippen molar-refractivity contribution in [2.45, 2.75) is 11.8 Å². The summed E-state index contributed by atoms with van der Waals surface area (Å²) in [5.74, 6) is -0.0775. The number of rotatable bonds is 7. The van der Waals surface area contributed by atoms with E-state index in [0.29, 0.717) is 22.6 Å². The van der Waals surface area contributed by atoms with Gasteiger partial charge in [-0.15, -0.1) is 0 Å². The van der Waals surface area contributed by atoms with E-state index >= 15 is 0 Å². The predicted octanol–water partition coefficient (Wildman–Crippen LogP) is 3.03. The van der Waals surface area contributed by atoms with Crippen molar-refractivity contribution in [2.75, 3.05) is 23.3 Å². The Morgan fingerprint density at radius 1 is 0.971 bits per heavy atom. The number of aromatic nitrogens is 2. The summed E-state index contributed by atoms with van der Waals surface area (Å²) in [6.07, 6.45) is 0.